The zero-order chi connectivity index (χ0) is 15.7. The second-order valence-corrected chi connectivity index (χ2v) is 5.94. The molecule has 0 aromatic heterocycles. The number of hydrogen-bond donors (Lipinski definition) is 1. The van der Waals surface area contributed by atoms with Gasteiger partial charge in [0.15, 0.2) is 0 Å². The van der Waals surface area contributed by atoms with Crippen molar-refractivity contribution in [3.05, 3.63) is 40.8 Å². The predicted molar refractivity (Wildman–Crippen MR) is 81.6 cm³/mol. The van der Waals surface area contributed by atoms with Crippen LogP contribution in [0.5, 0.6) is 0 Å². The number of anilines is 1. The van der Waals surface area contributed by atoms with Crippen molar-refractivity contribution in [2.24, 2.45) is 0 Å². The average Bonchev–Trinajstić information content (AvgIpc) is 2.74. The van der Waals surface area contributed by atoms with Crippen LogP contribution in [0.25, 0.3) is 0 Å². The van der Waals surface area contributed by atoms with Crippen molar-refractivity contribution < 1.29 is 14.0 Å². The Morgan fingerprint density at radius 2 is 1.77 bits per heavy atom. The molecule has 0 unspecified atom stereocenters. The quantitative estimate of drug-likeness (QED) is 0.868. The van der Waals surface area contributed by atoms with Gasteiger partial charge in [-0.25, -0.2) is 4.39 Å². The minimum Gasteiger partial charge on any atom is -0.347 e. The fourth-order valence-corrected chi connectivity index (χ4v) is 3.21. The van der Waals surface area contributed by atoms with Crippen molar-refractivity contribution in [1.82, 2.24) is 4.90 Å². The van der Waals surface area contributed by atoms with Gasteiger partial charge in [0, 0.05) is 6.04 Å². The monoisotopic (exact) mass is 322 g/mol. The maximum Gasteiger partial charge on any atom is 0.279 e. The summed E-state index contributed by atoms with van der Waals surface area (Å²) in [6, 6.07) is 5.85. The highest BCUT2D eigenvalue weighted by Crippen LogP contribution is 2.32. The molecule has 2 aliphatic rings. The molecule has 1 aliphatic heterocycles. The lowest BCUT2D eigenvalue weighted by Gasteiger charge is -2.29. The maximum atomic E-state index is 13.7. The number of nitrogens with one attached hydrogen (secondary N) is 1. The molecule has 0 saturated heterocycles. The van der Waals surface area contributed by atoms with Gasteiger partial charge in [-0.05, 0) is 25.0 Å². The topological polar surface area (TPSA) is 49.4 Å². The van der Waals surface area contributed by atoms with Gasteiger partial charge < -0.3 is 5.32 Å². The number of rotatable bonds is 3. The fourth-order valence-electron chi connectivity index (χ4n) is 3.00. The number of halogens is 2. The van der Waals surface area contributed by atoms with E-state index in [-0.39, 0.29) is 22.5 Å². The Bertz CT molecular complexity index is 653. The van der Waals surface area contributed by atoms with Crippen molar-refractivity contribution >= 4 is 29.1 Å². The van der Waals surface area contributed by atoms with Crippen molar-refractivity contribution in [1.29, 1.82) is 0 Å². The molecule has 1 N–H and O–H groups in total. The molecule has 116 valence electrons. The Kier molecular flexibility index (Phi) is 4.16. The Hall–Kier alpha value is -1.88. The third-order valence-electron chi connectivity index (χ3n) is 4.13. The van der Waals surface area contributed by atoms with E-state index in [2.05, 4.69) is 5.32 Å². The molecule has 1 saturated carbocycles. The van der Waals surface area contributed by atoms with Gasteiger partial charge in [0.1, 0.15) is 16.5 Å². The fraction of sp³-hybridized carbons (Fsp3) is 0.375. The Morgan fingerprint density at radius 3 is 2.45 bits per heavy atom. The van der Waals surface area contributed by atoms with E-state index in [1.165, 1.54) is 17.0 Å². The molecule has 0 spiro atoms. The summed E-state index contributed by atoms with van der Waals surface area (Å²) in [7, 11) is 0. The number of hydrogen-bond acceptors (Lipinski definition) is 3. The normalized spacial score (nSPS) is 20.0. The Morgan fingerprint density at radius 1 is 1.09 bits per heavy atom. The first-order chi connectivity index (χ1) is 10.6. The molecule has 22 heavy (non-hydrogen) atoms. The summed E-state index contributed by atoms with van der Waals surface area (Å²) in [4.78, 5) is 26.0. The minimum atomic E-state index is -0.504. The summed E-state index contributed by atoms with van der Waals surface area (Å²) in [5.41, 5.74) is 0.0876. The van der Waals surface area contributed by atoms with Crippen molar-refractivity contribution in [2.75, 3.05) is 5.32 Å². The molecule has 0 radical (unpaired) electrons. The van der Waals surface area contributed by atoms with E-state index in [1.807, 2.05) is 0 Å². The van der Waals surface area contributed by atoms with Crippen LogP contribution >= 0.6 is 11.6 Å². The molecule has 4 nitrogen and oxygen atoms in total. The van der Waals surface area contributed by atoms with Gasteiger partial charge in [0.2, 0.25) is 0 Å². The summed E-state index contributed by atoms with van der Waals surface area (Å²) in [6.07, 6.45) is 4.71. The number of amides is 2. The molecule has 1 aromatic carbocycles. The highest BCUT2D eigenvalue weighted by molar-refractivity contribution is 6.48. The molecule has 2 amide bonds. The van der Waals surface area contributed by atoms with Crippen LogP contribution in [0, 0.1) is 5.82 Å². The van der Waals surface area contributed by atoms with Crippen LogP contribution in [0.2, 0.25) is 0 Å². The van der Waals surface area contributed by atoms with Crippen LogP contribution < -0.4 is 5.32 Å². The second-order valence-electron chi connectivity index (χ2n) is 5.57. The zero-order valence-corrected chi connectivity index (χ0v) is 12.7. The summed E-state index contributed by atoms with van der Waals surface area (Å²) in [5, 5.41) is 2.50. The van der Waals surface area contributed by atoms with Gasteiger partial charge in [-0.1, -0.05) is 43.0 Å². The lowest BCUT2D eigenvalue weighted by molar-refractivity contribution is -0.140. The van der Waals surface area contributed by atoms with Crippen LogP contribution in [0.3, 0.4) is 0 Å². The number of carbonyl (C=O) groups excluding carboxylic acids is 2. The number of nitrogens with zero attached hydrogens (tertiary/aromatic N) is 1. The summed E-state index contributed by atoms with van der Waals surface area (Å²) in [6.45, 7) is 0. The molecule has 1 aromatic rings. The van der Waals surface area contributed by atoms with Gasteiger partial charge in [-0.3, -0.25) is 14.5 Å². The van der Waals surface area contributed by atoms with Gasteiger partial charge in [-0.15, -0.1) is 0 Å². The minimum absolute atomic E-state index is 0.0395. The molecular weight excluding hydrogens is 307 g/mol. The van der Waals surface area contributed by atoms with Crippen LogP contribution in [-0.4, -0.2) is 22.8 Å². The van der Waals surface area contributed by atoms with E-state index in [1.54, 1.807) is 12.1 Å². The van der Waals surface area contributed by atoms with Gasteiger partial charge in [0.25, 0.3) is 11.8 Å². The van der Waals surface area contributed by atoms with Crippen molar-refractivity contribution in [2.45, 2.75) is 38.1 Å². The molecule has 1 heterocycles. The molecule has 6 heteroatoms. The standard InChI is InChI=1S/C16H16ClFN2O2/c17-13-14(19-12-9-5-4-8-11(12)18)16(22)20(15(13)21)10-6-2-1-3-7-10/h4-5,8-10,19H,1-3,6-7H2. The van der Waals surface area contributed by atoms with Crippen molar-refractivity contribution in [3.63, 3.8) is 0 Å². The second kappa shape index (κ2) is 6.08. The Balaban J connectivity index is 1.84. The number of imide groups is 1. The Labute approximate surface area is 132 Å². The smallest absolute Gasteiger partial charge is 0.279 e. The van der Waals surface area contributed by atoms with Gasteiger partial charge in [-0.2, -0.15) is 0 Å². The molecule has 1 aliphatic carbocycles. The lowest BCUT2D eigenvalue weighted by Crippen LogP contribution is -2.42. The summed E-state index contributed by atoms with van der Waals surface area (Å²) >= 11 is 6.02. The third kappa shape index (κ3) is 2.61. The van der Waals surface area contributed by atoms with Crippen LogP contribution in [-0.2, 0) is 9.59 Å². The van der Waals surface area contributed by atoms with Gasteiger partial charge >= 0.3 is 0 Å². The van der Waals surface area contributed by atoms with E-state index in [4.69, 9.17) is 11.6 Å². The molecular formula is C16H16ClFN2O2. The number of para-hydroxylation sites is 1. The predicted octanol–water partition coefficient (Wildman–Crippen LogP) is 3.39. The van der Waals surface area contributed by atoms with Crippen LogP contribution in [0.1, 0.15) is 32.1 Å². The largest absolute Gasteiger partial charge is 0.347 e. The van der Waals surface area contributed by atoms with Crippen molar-refractivity contribution in [3.8, 4) is 0 Å². The van der Waals surface area contributed by atoms with Crippen LogP contribution in [0.15, 0.2) is 35.0 Å². The maximum absolute atomic E-state index is 13.7. The first kappa shape index (κ1) is 15.0. The molecule has 0 atom stereocenters. The van der Waals surface area contributed by atoms with E-state index in [0.717, 1.165) is 32.1 Å². The highest BCUT2D eigenvalue weighted by Gasteiger charge is 2.42. The summed E-state index contributed by atoms with van der Waals surface area (Å²) in [5.74, 6) is -1.46. The van der Waals surface area contributed by atoms with E-state index in [9.17, 15) is 14.0 Å². The summed E-state index contributed by atoms with van der Waals surface area (Å²) < 4.78 is 13.7. The number of benzene rings is 1. The first-order valence-corrected chi connectivity index (χ1v) is 7.76. The molecule has 1 fully saturated rings. The molecule has 3 rings (SSSR count). The molecule has 0 bridgehead atoms. The third-order valence-corrected chi connectivity index (χ3v) is 4.48. The highest BCUT2D eigenvalue weighted by atomic mass is 35.5. The number of carbonyl (C=O) groups is 2. The van der Waals surface area contributed by atoms with E-state index in [0.29, 0.717) is 0 Å². The first-order valence-electron chi connectivity index (χ1n) is 7.39. The average molecular weight is 323 g/mol. The lowest BCUT2D eigenvalue weighted by atomic mass is 9.94. The van der Waals surface area contributed by atoms with Crippen LogP contribution in [0.4, 0.5) is 10.1 Å². The zero-order valence-electron chi connectivity index (χ0n) is 11.9. The SMILES string of the molecule is O=C1C(Cl)=C(Nc2ccccc2F)C(=O)N1C1CCCCC1. The van der Waals surface area contributed by atoms with E-state index >= 15 is 0 Å². The van der Waals surface area contributed by atoms with Gasteiger partial charge in [0.05, 0.1) is 5.69 Å². The van der Waals surface area contributed by atoms with E-state index < -0.39 is 17.6 Å².